The Hall–Kier alpha value is -4.32. The minimum atomic E-state index is -0.397. The summed E-state index contributed by atoms with van der Waals surface area (Å²) in [5, 5.41) is 5.07. The number of hydrogen-bond donors (Lipinski definition) is 1. The summed E-state index contributed by atoms with van der Waals surface area (Å²) >= 11 is 0. The topological polar surface area (TPSA) is 73.9 Å². The van der Waals surface area contributed by atoms with E-state index in [1.807, 2.05) is 36.4 Å². The highest BCUT2D eigenvalue weighted by molar-refractivity contribution is 6.04. The van der Waals surface area contributed by atoms with Crippen LogP contribution in [0, 0.1) is 0 Å². The molecule has 0 radical (unpaired) electrons. The molecular weight excluding hydrogens is 430 g/mol. The highest BCUT2D eigenvalue weighted by Gasteiger charge is 2.13. The molecule has 1 N–H and O–H groups in total. The van der Waals surface area contributed by atoms with Crippen LogP contribution in [0.25, 0.3) is 10.8 Å². The van der Waals surface area contributed by atoms with Crippen LogP contribution in [0.3, 0.4) is 0 Å². The minimum Gasteiger partial charge on any atom is -0.496 e. The fraction of sp³-hybridized carbons (Fsp3) is 0.143. The Balaban J connectivity index is 1.46. The van der Waals surface area contributed by atoms with Crippen molar-refractivity contribution in [2.75, 3.05) is 19.0 Å². The van der Waals surface area contributed by atoms with Gasteiger partial charge in [0.25, 0.3) is 5.91 Å². The quantitative estimate of drug-likeness (QED) is 0.337. The molecule has 0 aliphatic heterocycles. The summed E-state index contributed by atoms with van der Waals surface area (Å²) in [7, 11) is 1.58. The van der Waals surface area contributed by atoms with Crippen LogP contribution in [-0.4, -0.2) is 25.6 Å². The highest BCUT2D eigenvalue weighted by atomic mass is 16.5. The lowest BCUT2D eigenvalue weighted by molar-refractivity contribution is 0.0526. The number of amides is 1. The van der Waals surface area contributed by atoms with Gasteiger partial charge in [-0.15, -0.1) is 0 Å². The number of benzene rings is 4. The number of esters is 1. The Bertz CT molecular complexity index is 1310. The van der Waals surface area contributed by atoms with E-state index in [0.29, 0.717) is 29.2 Å². The lowest BCUT2D eigenvalue weighted by Gasteiger charge is -2.13. The maximum atomic E-state index is 12.8. The highest BCUT2D eigenvalue weighted by Crippen LogP contribution is 2.25. The van der Waals surface area contributed by atoms with Gasteiger partial charge in [-0.2, -0.15) is 0 Å². The predicted molar refractivity (Wildman–Crippen MR) is 132 cm³/mol. The molecule has 4 aromatic carbocycles. The van der Waals surface area contributed by atoms with E-state index in [-0.39, 0.29) is 12.5 Å². The van der Waals surface area contributed by atoms with Crippen molar-refractivity contribution < 1.29 is 23.8 Å². The van der Waals surface area contributed by atoms with Crippen molar-refractivity contribution in [1.29, 1.82) is 0 Å². The zero-order chi connectivity index (χ0) is 23.9. The lowest BCUT2D eigenvalue weighted by Crippen LogP contribution is -2.13. The molecule has 0 fully saturated rings. The molecule has 4 rings (SSSR count). The van der Waals surface area contributed by atoms with Gasteiger partial charge in [0.15, 0.2) is 0 Å². The van der Waals surface area contributed by atoms with Gasteiger partial charge in [-0.05, 0) is 72.3 Å². The zero-order valence-corrected chi connectivity index (χ0v) is 19.0. The molecule has 0 aromatic heterocycles. The van der Waals surface area contributed by atoms with Gasteiger partial charge in [0, 0.05) is 16.8 Å². The zero-order valence-electron chi connectivity index (χ0n) is 19.0. The van der Waals surface area contributed by atoms with Crippen molar-refractivity contribution in [1.82, 2.24) is 0 Å². The van der Waals surface area contributed by atoms with Crippen LogP contribution in [0.1, 0.15) is 33.2 Å². The third kappa shape index (κ3) is 5.35. The Morgan fingerprint density at radius 2 is 1.56 bits per heavy atom. The fourth-order valence-electron chi connectivity index (χ4n) is 3.56. The Kier molecular flexibility index (Phi) is 7.08. The molecule has 1 amide bonds. The molecule has 0 unspecified atom stereocenters. The fourth-order valence-corrected chi connectivity index (χ4v) is 3.56. The van der Waals surface area contributed by atoms with Gasteiger partial charge in [0.05, 0.1) is 19.3 Å². The van der Waals surface area contributed by atoms with E-state index in [0.717, 1.165) is 22.1 Å². The van der Waals surface area contributed by atoms with Gasteiger partial charge in [0.2, 0.25) is 0 Å². The first-order valence-electron chi connectivity index (χ1n) is 10.9. The van der Waals surface area contributed by atoms with E-state index >= 15 is 0 Å². The van der Waals surface area contributed by atoms with E-state index in [4.69, 9.17) is 14.2 Å². The molecule has 34 heavy (non-hydrogen) atoms. The lowest BCUT2D eigenvalue weighted by atomic mass is 10.1. The van der Waals surface area contributed by atoms with Crippen molar-refractivity contribution in [3.8, 4) is 11.5 Å². The second kappa shape index (κ2) is 10.5. The van der Waals surface area contributed by atoms with Crippen LogP contribution in [0.5, 0.6) is 11.5 Å². The van der Waals surface area contributed by atoms with Crippen LogP contribution in [0.4, 0.5) is 5.69 Å². The average molecular weight is 456 g/mol. The summed E-state index contributed by atoms with van der Waals surface area (Å²) in [5.41, 5.74) is 2.22. The number of anilines is 1. The normalized spacial score (nSPS) is 10.5. The molecule has 0 heterocycles. The number of rotatable bonds is 8. The molecule has 6 heteroatoms. The molecule has 0 aliphatic carbocycles. The van der Waals surface area contributed by atoms with Gasteiger partial charge < -0.3 is 19.5 Å². The standard InChI is InChI=1S/C28H25NO5/c1-3-33-28(31)20-8-12-24(13-9-20)29-27(30)22-11-15-26(32-2)23(16-22)18-34-25-14-10-19-6-4-5-7-21(19)17-25/h4-17H,3,18H2,1-2H3,(H,29,30). The first-order chi connectivity index (χ1) is 16.6. The molecule has 4 aromatic rings. The van der Waals surface area contributed by atoms with Crippen molar-refractivity contribution in [2.45, 2.75) is 13.5 Å². The number of carbonyl (C=O) groups excluding carboxylic acids is 2. The van der Waals surface area contributed by atoms with Crippen LogP contribution in [-0.2, 0) is 11.3 Å². The minimum absolute atomic E-state index is 0.247. The first-order valence-corrected chi connectivity index (χ1v) is 10.9. The summed E-state index contributed by atoms with van der Waals surface area (Å²) in [4.78, 5) is 24.6. The summed E-state index contributed by atoms with van der Waals surface area (Å²) in [5.74, 6) is 0.693. The van der Waals surface area contributed by atoms with E-state index in [1.54, 1.807) is 56.5 Å². The van der Waals surface area contributed by atoms with Crippen molar-refractivity contribution >= 4 is 28.3 Å². The number of fused-ring (bicyclic) bond motifs is 1. The Labute approximate surface area is 198 Å². The summed E-state index contributed by atoms with van der Waals surface area (Å²) in [6, 6.07) is 25.7. The molecule has 6 nitrogen and oxygen atoms in total. The van der Waals surface area contributed by atoms with Crippen molar-refractivity contribution in [3.63, 3.8) is 0 Å². The maximum Gasteiger partial charge on any atom is 0.338 e. The van der Waals surface area contributed by atoms with Gasteiger partial charge in [0.1, 0.15) is 18.1 Å². The maximum absolute atomic E-state index is 12.8. The van der Waals surface area contributed by atoms with Crippen molar-refractivity contribution in [2.24, 2.45) is 0 Å². The van der Waals surface area contributed by atoms with Crippen LogP contribution < -0.4 is 14.8 Å². The SMILES string of the molecule is CCOC(=O)c1ccc(NC(=O)c2ccc(OC)c(COc3ccc4ccccc4c3)c2)cc1. The van der Waals surface area contributed by atoms with E-state index in [9.17, 15) is 9.59 Å². The molecule has 0 atom stereocenters. The van der Waals surface area contributed by atoms with Crippen LogP contribution in [0.15, 0.2) is 84.9 Å². The van der Waals surface area contributed by atoms with Crippen LogP contribution >= 0.6 is 0 Å². The molecule has 0 spiro atoms. The van der Waals surface area contributed by atoms with E-state index in [1.165, 1.54) is 0 Å². The monoisotopic (exact) mass is 455 g/mol. The van der Waals surface area contributed by atoms with Gasteiger partial charge in [-0.25, -0.2) is 4.79 Å². The third-order valence-electron chi connectivity index (χ3n) is 5.31. The molecule has 0 bridgehead atoms. The predicted octanol–water partition coefficient (Wildman–Crippen LogP) is 5.86. The van der Waals surface area contributed by atoms with E-state index in [2.05, 4.69) is 11.4 Å². The van der Waals surface area contributed by atoms with Gasteiger partial charge in [-0.3, -0.25) is 4.79 Å². The van der Waals surface area contributed by atoms with E-state index < -0.39 is 5.97 Å². The third-order valence-corrected chi connectivity index (χ3v) is 5.31. The summed E-state index contributed by atoms with van der Waals surface area (Å²) < 4.78 is 16.4. The molecule has 0 saturated carbocycles. The second-order valence-electron chi connectivity index (χ2n) is 7.58. The Morgan fingerprint density at radius 3 is 2.29 bits per heavy atom. The molecule has 0 saturated heterocycles. The molecule has 0 aliphatic rings. The Morgan fingerprint density at radius 1 is 0.824 bits per heavy atom. The first kappa shape index (κ1) is 22.9. The number of nitrogens with one attached hydrogen (secondary N) is 1. The van der Waals surface area contributed by atoms with Crippen molar-refractivity contribution in [3.05, 3.63) is 102 Å². The molecule has 172 valence electrons. The largest absolute Gasteiger partial charge is 0.496 e. The number of carbonyl (C=O) groups is 2. The number of ether oxygens (including phenoxy) is 3. The second-order valence-corrected chi connectivity index (χ2v) is 7.58. The number of hydrogen-bond acceptors (Lipinski definition) is 5. The van der Waals surface area contributed by atoms with Gasteiger partial charge in [-0.1, -0.05) is 30.3 Å². The van der Waals surface area contributed by atoms with Crippen LogP contribution in [0.2, 0.25) is 0 Å². The molecular formula is C28H25NO5. The average Bonchev–Trinajstić information content (AvgIpc) is 2.87. The summed E-state index contributed by atoms with van der Waals surface area (Å²) in [6.45, 7) is 2.31. The van der Waals surface area contributed by atoms with Gasteiger partial charge >= 0.3 is 5.97 Å². The number of methoxy groups -OCH3 is 1. The smallest absolute Gasteiger partial charge is 0.338 e. The summed E-state index contributed by atoms with van der Waals surface area (Å²) in [6.07, 6.45) is 0.